The van der Waals surface area contributed by atoms with Crippen molar-refractivity contribution in [3.63, 3.8) is 0 Å². The van der Waals surface area contributed by atoms with Crippen LogP contribution in [0.15, 0.2) is 18.2 Å². The highest BCUT2D eigenvalue weighted by Gasteiger charge is 2.23. The zero-order chi connectivity index (χ0) is 13.5. The Kier molecular flexibility index (Phi) is 6.61. The fourth-order valence-corrected chi connectivity index (χ4v) is 2.69. The van der Waals surface area contributed by atoms with Crippen molar-refractivity contribution in [1.82, 2.24) is 5.43 Å². The lowest BCUT2D eigenvalue weighted by atomic mass is 9.86. The number of nitrogens with two attached hydrogens (primary N) is 1. The molecule has 1 unspecified atom stereocenters. The fraction of sp³-hybridized carbons (Fsp3) is 0.571. The number of halogens is 2. The lowest BCUT2D eigenvalue weighted by Crippen LogP contribution is -2.34. The molecule has 0 amide bonds. The van der Waals surface area contributed by atoms with Gasteiger partial charge in [0, 0.05) is 5.02 Å². The fourth-order valence-electron chi connectivity index (χ4n) is 2.45. The van der Waals surface area contributed by atoms with E-state index in [0.717, 1.165) is 31.2 Å². The summed E-state index contributed by atoms with van der Waals surface area (Å²) in [5.41, 5.74) is 3.56. The molecule has 1 aromatic rings. The van der Waals surface area contributed by atoms with Crippen molar-refractivity contribution < 1.29 is 4.39 Å². The number of hydrogen-bond acceptors (Lipinski definition) is 2. The highest BCUT2D eigenvalue weighted by atomic mass is 35.5. The average molecular weight is 273 g/mol. The van der Waals surface area contributed by atoms with Gasteiger partial charge in [0.25, 0.3) is 0 Å². The minimum Gasteiger partial charge on any atom is -0.271 e. The van der Waals surface area contributed by atoms with Crippen LogP contribution in [0.4, 0.5) is 4.39 Å². The van der Waals surface area contributed by atoms with Crippen LogP contribution in [0.3, 0.4) is 0 Å². The third-order valence-electron chi connectivity index (χ3n) is 3.26. The summed E-state index contributed by atoms with van der Waals surface area (Å²) in [5.74, 6) is 5.76. The maximum atomic E-state index is 13.4. The molecule has 0 aliphatic carbocycles. The van der Waals surface area contributed by atoms with Crippen LogP contribution in [0.2, 0.25) is 5.02 Å². The summed E-state index contributed by atoms with van der Waals surface area (Å²) >= 11 is 6.15. The highest BCUT2D eigenvalue weighted by Crippen LogP contribution is 2.33. The van der Waals surface area contributed by atoms with Crippen molar-refractivity contribution in [2.75, 3.05) is 0 Å². The van der Waals surface area contributed by atoms with Gasteiger partial charge >= 0.3 is 0 Å². The Morgan fingerprint density at radius 2 is 1.89 bits per heavy atom. The molecule has 0 aliphatic heterocycles. The molecule has 1 rings (SSSR count). The Hall–Kier alpha value is -0.640. The van der Waals surface area contributed by atoms with Crippen LogP contribution < -0.4 is 11.3 Å². The Morgan fingerprint density at radius 3 is 2.39 bits per heavy atom. The molecule has 0 saturated heterocycles. The lowest BCUT2D eigenvalue weighted by Gasteiger charge is -2.27. The third kappa shape index (κ3) is 3.94. The van der Waals surface area contributed by atoms with Gasteiger partial charge in [-0.1, -0.05) is 38.3 Å². The quantitative estimate of drug-likeness (QED) is 0.577. The number of rotatable bonds is 7. The first-order chi connectivity index (χ1) is 8.63. The van der Waals surface area contributed by atoms with E-state index >= 15 is 0 Å². The summed E-state index contributed by atoms with van der Waals surface area (Å²) < 4.78 is 13.4. The highest BCUT2D eigenvalue weighted by molar-refractivity contribution is 6.31. The van der Waals surface area contributed by atoms with E-state index in [1.807, 2.05) is 0 Å². The molecule has 0 spiro atoms. The second-order valence-electron chi connectivity index (χ2n) is 4.65. The van der Waals surface area contributed by atoms with E-state index < -0.39 is 0 Å². The van der Waals surface area contributed by atoms with Gasteiger partial charge in [0.1, 0.15) is 5.82 Å². The molecule has 0 heterocycles. The zero-order valence-corrected chi connectivity index (χ0v) is 11.8. The van der Waals surface area contributed by atoms with Gasteiger partial charge in [-0.3, -0.25) is 11.3 Å². The van der Waals surface area contributed by atoms with Crippen LogP contribution in [0.5, 0.6) is 0 Å². The molecule has 102 valence electrons. The van der Waals surface area contributed by atoms with Crippen molar-refractivity contribution >= 4 is 11.6 Å². The van der Waals surface area contributed by atoms with E-state index in [0.29, 0.717) is 10.9 Å². The Bertz CT molecular complexity index is 365. The first kappa shape index (κ1) is 15.4. The Balaban J connectivity index is 3.01. The molecule has 2 nitrogen and oxygen atoms in total. The molecule has 1 atom stereocenters. The largest absolute Gasteiger partial charge is 0.271 e. The number of hydrazine groups is 1. The number of benzene rings is 1. The third-order valence-corrected chi connectivity index (χ3v) is 3.61. The van der Waals surface area contributed by atoms with Crippen molar-refractivity contribution in [3.8, 4) is 0 Å². The molecule has 18 heavy (non-hydrogen) atoms. The van der Waals surface area contributed by atoms with Crippen LogP contribution in [0, 0.1) is 11.7 Å². The topological polar surface area (TPSA) is 38.0 Å². The van der Waals surface area contributed by atoms with E-state index in [2.05, 4.69) is 19.3 Å². The minimum absolute atomic E-state index is 0.0897. The van der Waals surface area contributed by atoms with E-state index in [4.69, 9.17) is 17.4 Å². The van der Waals surface area contributed by atoms with E-state index in [-0.39, 0.29) is 11.9 Å². The predicted molar refractivity (Wildman–Crippen MR) is 74.8 cm³/mol. The molecule has 0 aliphatic rings. The molecule has 0 saturated carbocycles. The summed E-state index contributed by atoms with van der Waals surface area (Å²) in [4.78, 5) is 0. The summed E-state index contributed by atoms with van der Waals surface area (Å²) in [6, 6.07) is 4.35. The summed E-state index contributed by atoms with van der Waals surface area (Å²) in [6.45, 7) is 4.28. The van der Waals surface area contributed by atoms with Crippen molar-refractivity contribution in [1.29, 1.82) is 0 Å². The van der Waals surface area contributed by atoms with Gasteiger partial charge in [0.15, 0.2) is 0 Å². The first-order valence-electron chi connectivity index (χ1n) is 6.55. The van der Waals surface area contributed by atoms with Crippen molar-refractivity contribution in [2.24, 2.45) is 11.8 Å². The monoisotopic (exact) mass is 272 g/mol. The minimum atomic E-state index is -0.276. The Morgan fingerprint density at radius 1 is 1.28 bits per heavy atom. The molecule has 0 bridgehead atoms. The van der Waals surface area contributed by atoms with Gasteiger partial charge in [-0.25, -0.2) is 4.39 Å². The normalized spacial score (nSPS) is 13.0. The average Bonchev–Trinajstić information content (AvgIpc) is 2.35. The molecule has 1 aromatic carbocycles. The van der Waals surface area contributed by atoms with Gasteiger partial charge in [-0.15, -0.1) is 0 Å². The molecule has 0 aromatic heterocycles. The van der Waals surface area contributed by atoms with Crippen LogP contribution in [0.1, 0.15) is 51.1 Å². The van der Waals surface area contributed by atoms with Crippen LogP contribution in [0.25, 0.3) is 0 Å². The number of hydrogen-bond donors (Lipinski definition) is 2. The molecule has 4 heteroatoms. The summed E-state index contributed by atoms with van der Waals surface area (Å²) in [6.07, 6.45) is 4.26. The van der Waals surface area contributed by atoms with Crippen LogP contribution in [-0.2, 0) is 0 Å². The van der Waals surface area contributed by atoms with Gasteiger partial charge in [-0.2, -0.15) is 0 Å². The standard InChI is InChI=1S/C14H22ClFN2/c1-3-5-10(6-4-2)14(18-17)12-9-11(16)7-8-13(12)15/h7-10,14,18H,3-6,17H2,1-2H3. The SMILES string of the molecule is CCCC(CCC)C(NN)c1cc(F)ccc1Cl. The second kappa shape index (κ2) is 7.72. The van der Waals surface area contributed by atoms with Crippen LogP contribution >= 0.6 is 11.6 Å². The summed E-state index contributed by atoms with van der Waals surface area (Å²) in [5, 5.41) is 0.566. The Labute approximate surface area is 114 Å². The van der Waals surface area contributed by atoms with Crippen molar-refractivity contribution in [2.45, 2.75) is 45.6 Å². The summed E-state index contributed by atoms with van der Waals surface area (Å²) in [7, 11) is 0. The van der Waals surface area contributed by atoms with Gasteiger partial charge < -0.3 is 0 Å². The van der Waals surface area contributed by atoms with E-state index in [1.54, 1.807) is 6.07 Å². The zero-order valence-electron chi connectivity index (χ0n) is 11.0. The van der Waals surface area contributed by atoms with Gasteiger partial charge in [0.2, 0.25) is 0 Å². The number of nitrogens with one attached hydrogen (secondary N) is 1. The lowest BCUT2D eigenvalue weighted by molar-refractivity contribution is 0.318. The molecular formula is C14H22ClFN2. The maximum absolute atomic E-state index is 13.4. The smallest absolute Gasteiger partial charge is 0.123 e. The molecular weight excluding hydrogens is 251 g/mol. The van der Waals surface area contributed by atoms with E-state index in [9.17, 15) is 4.39 Å². The van der Waals surface area contributed by atoms with Gasteiger partial charge in [0.05, 0.1) is 6.04 Å². The predicted octanol–water partition coefficient (Wildman–Crippen LogP) is 4.20. The van der Waals surface area contributed by atoms with Crippen LogP contribution in [-0.4, -0.2) is 0 Å². The van der Waals surface area contributed by atoms with Crippen molar-refractivity contribution in [3.05, 3.63) is 34.6 Å². The molecule has 0 radical (unpaired) electrons. The molecule has 0 fully saturated rings. The van der Waals surface area contributed by atoms with Gasteiger partial charge in [-0.05, 0) is 42.5 Å². The second-order valence-corrected chi connectivity index (χ2v) is 5.05. The molecule has 3 N–H and O–H groups in total. The van der Waals surface area contributed by atoms with E-state index in [1.165, 1.54) is 12.1 Å². The first-order valence-corrected chi connectivity index (χ1v) is 6.92. The maximum Gasteiger partial charge on any atom is 0.123 e.